The first-order valence-electron chi connectivity index (χ1n) is 4.38. The summed E-state index contributed by atoms with van der Waals surface area (Å²) in [6, 6.07) is 2.02. The number of carbonyl (C=O) groups is 1. The highest BCUT2D eigenvalue weighted by Crippen LogP contribution is 2.23. The molecule has 0 spiro atoms. The molecule has 3 nitrogen and oxygen atoms in total. The average Bonchev–Trinajstić information content (AvgIpc) is 2.28. The van der Waals surface area contributed by atoms with E-state index in [2.05, 4.69) is 4.98 Å². The number of hydrogen-bond donors (Lipinski definition) is 2. The minimum absolute atomic E-state index is 0.0856. The second-order valence-electron chi connectivity index (χ2n) is 3.53. The maximum Gasteiger partial charge on any atom is 0.303 e. The number of aliphatic carboxylic acids is 1. The maximum absolute atomic E-state index is 10.5. The van der Waals surface area contributed by atoms with Gasteiger partial charge in [-0.3, -0.25) is 4.79 Å². The topological polar surface area (TPSA) is 53.1 Å². The minimum Gasteiger partial charge on any atom is -0.481 e. The summed E-state index contributed by atoms with van der Waals surface area (Å²) in [6.45, 7) is 5.88. The van der Waals surface area contributed by atoms with Crippen molar-refractivity contribution in [2.75, 3.05) is 0 Å². The summed E-state index contributed by atoms with van der Waals surface area (Å²) in [4.78, 5) is 13.7. The number of aromatic nitrogens is 1. The molecule has 0 radical (unpaired) electrons. The Morgan fingerprint density at radius 3 is 2.62 bits per heavy atom. The Kier molecular flexibility index (Phi) is 2.76. The number of H-pyrrole nitrogens is 1. The van der Waals surface area contributed by atoms with Crippen molar-refractivity contribution in [1.29, 1.82) is 0 Å². The van der Waals surface area contributed by atoms with E-state index in [-0.39, 0.29) is 12.3 Å². The largest absolute Gasteiger partial charge is 0.481 e. The third-order valence-electron chi connectivity index (χ3n) is 2.20. The zero-order valence-corrected chi connectivity index (χ0v) is 8.22. The van der Waals surface area contributed by atoms with Gasteiger partial charge in [0.2, 0.25) is 0 Å². The van der Waals surface area contributed by atoms with Crippen LogP contribution in [-0.2, 0) is 4.79 Å². The van der Waals surface area contributed by atoms with Crippen LogP contribution >= 0.6 is 0 Å². The van der Waals surface area contributed by atoms with E-state index >= 15 is 0 Å². The van der Waals surface area contributed by atoms with Gasteiger partial charge in [0.15, 0.2) is 0 Å². The highest BCUT2D eigenvalue weighted by molar-refractivity contribution is 5.68. The summed E-state index contributed by atoms with van der Waals surface area (Å²) in [5, 5.41) is 8.63. The molecule has 0 amide bonds. The van der Waals surface area contributed by atoms with Crippen molar-refractivity contribution >= 4 is 5.97 Å². The zero-order chi connectivity index (χ0) is 10.0. The smallest absolute Gasteiger partial charge is 0.303 e. The molecule has 0 saturated carbocycles. The monoisotopic (exact) mass is 181 g/mol. The number of carboxylic acids is 1. The van der Waals surface area contributed by atoms with E-state index in [0.29, 0.717) is 0 Å². The summed E-state index contributed by atoms with van der Waals surface area (Å²) >= 11 is 0. The number of aryl methyl sites for hydroxylation is 2. The van der Waals surface area contributed by atoms with Crippen LogP contribution in [0.4, 0.5) is 0 Å². The van der Waals surface area contributed by atoms with E-state index in [1.165, 1.54) is 0 Å². The Morgan fingerprint density at radius 2 is 2.23 bits per heavy atom. The summed E-state index contributed by atoms with van der Waals surface area (Å²) in [6.07, 6.45) is 0.193. The van der Waals surface area contributed by atoms with Crippen molar-refractivity contribution in [2.24, 2.45) is 0 Å². The van der Waals surface area contributed by atoms with Gasteiger partial charge in [-0.05, 0) is 31.4 Å². The van der Waals surface area contributed by atoms with E-state index in [9.17, 15) is 4.79 Å². The Morgan fingerprint density at radius 1 is 1.62 bits per heavy atom. The lowest BCUT2D eigenvalue weighted by Gasteiger charge is -2.07. The van der Waals surface area contributed by atoms with Crippen LogP contribution in [0.15, 0.2) is 6.07 Å². The van der Waals surface area contributed by atoms with Gasteiger partial charge >= 0.3 is 5.97 Å². The van der Waals surface area contributed by atoms with Crippen molar-refractivity contribution in [2.45, 2.75) is 33.1 Å². The van der Waals surface area contributed by atoms with E-state index in [0.717, 1.165) is 17.0 Å². The van der Waals surface area contributed by atoms with Crippen LogP contribution in [0.3, 0.4) is 0 Å². The van der Waals surface area contributed by atoms with Gasteiger partial charge in [0.05, 0.1) is 6.42 Å². The molecular formula is C10H15NO2. The fourth-order valence-electron chi connectivity index (χ4n) is 1.63. The molecule has 0 aliphatic carbocycles. The van der Waals surface area contributed by atoms with Crippen molar-refractivity contribution in [3.63, 3.8) is 0 Å². The van der Waals surface area contributed by atoms with E-state index < -0.39 is 5.97 Å². The van der Waals surface area contributed by atoms with Gasteiger partial charge in [0.1, 0.15) is 0 Å². The van der Waals surface area contributed by atoms with E-state index in [1.54, 1.807) is 0 Å². The second kappa shape index (κ2) is 3.64. The molecule has 0 saturated heterocycles. The first-order valence-corrected chi connectivity index (χ1v) is 4.38. The molecule has 1 aromatic rings. The van der Waals surface area contributed by atoms with Gasteiger partial charge in [0.25, 0.3) is 0 Å². The van der Waals surface area contributed by atoms with Crippen molar-refractivity contribution in [1.82, 2.24) is 4.98 Å². The van der Waals surface area contributed by atoms with E-state index in [4.69, 9.17) is 5.11 Å². The molecule has 0 fully saturated rings. The summed E-state index contributed by atoms with van der Waals surface area (Å²) < 4.78 is 0. The van der Waals surface area contributed by atoms with Crippen LogP contribution in [-0.4, -0.2) is 16.1 Å². The van der Waals surface area contributed by atoms with Crippen molar-refractivity contribution < 1.29 is 9.90 Å². The fourth-order valence-corrected chi connectivity index (χ4v) is 1.63. The summed E-state index contributed by atoms with van der Waals surface area (Å²) in [7, 11) is 0. The van der Waals surface area contributed by atoms with Gasteiger partial charge in [0, 0.05) is 11.4 Å². The molecule has 1 rings (SSSR count). The first-order chi connectivity index (χ1) is 6.00. The molecule has 0 aromatic carbocycles. The lowest BCUT2D eigenvalue weighted by Crippen LogP contribution is -2.03. The molecule has 1 aromatic heterocycles. The number of carboxylic acid groups (broad SMARTS) is 1. The van der Waals surface area contributed by atoms with Crippen LogP contribution < -0.4 is 0 Å². The van der Waals surface area contributed by atoms with Crippen LogP contribution in [0.2, 0.25) is 0 Å². The zero-order valence-electron chi connectivity index (χ0n) is 8.22. The standard InChI is InChI=1S/C10H15NO2/c1-6(4-10(12)13)9-5-7(2)11-8(9)3/h5-6,11H,4H2,1-3H3,(H,12,13). The molecule has 2 N–H and O–H groups in total. The van der Waals surface area contributed by atoms with Gasteiger partial charge in [-0.2, -0.15) is 0 Å². The number of hydrogen-bond acceptors (Lipinski definition) is 1. The van der Waals surface area contributed by atoms with Crippen molar-refractivity contribution in [3.8, 4) is 0 Å². The summed E-state index contributed by atoms with van der Waals surface area (Å²) in [5.41, 5.74) is 3.27. The quantitative estimate of drug-likeness (QED) is 0.751. The minimum atomic E-state index is -0.745. The van der Waals surface area contributed by atoms with Gasteiger partial charge in [-0.25, -0.2) is 0 Å². The lowest BCUT2D eigenvalue weighted by atomic mass is 9.98. The molecule has 0 bridgehead atoms. The van der Waals surface area contributed by atoms with Gasteiger partial charge < -0.3 is 10.1 Å². The van der Waals surface area contributed by atoms with E-state index in [1.807, 2.05) is 26.8 Å². The van der Waals surface area contributed by atoms with Gasteiger partial charge in [-0.1, -0.05) is 6.92 Å². The maximum atomic E-state index is 10.5. The van der Waals surface area contributed by atoms with Gasteiger partial charge in [-0.15, -0.1) is 0 Å². The SMILES string of the molecule is Cc1cc(C(C)CC(=O)O)c(C)[nH]1. The molecule has 0 aliphatic heterocycles. The molecule has 72 valence electrons. The second-order valence-corrected chi connectivity index (χ2v) is 3.53. The third-order valence-corrected chi connectivity index (χ3v) is 2.20. The molecule has 0 aliphatic rings. The number of rotatable bonds is 3. The number of aromatic amines is 1. The fraction of sp³-hybridized carbons (Fsp3) is 0.500. The normalized spacial score (nSPS) is 12.8. The Bertz CT molecular complexity index is 315. The third kappa shape index (κ3) is 2.34. The average molecular weight is 181 g/mol. The predicted molar refractivity (Wildman–Crippen MR) is 50.9 cm³/mol. The molecule has 3 heteroatoms. The van der Waals surface area contributed by atoms with Crippen LogP contribution in [0.25, 0.3) is 0 Å². The highest BCUT2D eigenvalue weighted by Gasteiger charge is 2.13. The summed E-state index contributed by atoms with van der Waals surface area (Å²) in [5.74, 6) is -0.659. The molecule has 1 unspecified atom stereocenters. The van der Waals surface area contributed by atoms with Crippen LogP contribution in [0.5, 0.6) is 0 Å². The lowest BCUT2D eigenvalue weighted by molar-refractivity contribution is -0.137. The highest BCUT2D eigenvalue weighted by atomic mass is 16.4. The first kappa shape index (κ1) is 9.84. The Labute approximate surface area is 77.8 Å². The Balaban J connectivity index is 2.81. The molecule has 1 atom stereocenters. The number of nitrogens with one attached hydrogen (secondary N) is 1. The Hall–Kier alpha value is -1.25. The van der Waals surface area contributed by atoms with Crippen molar-refractivity contribution in [3.05, 3.63) is 23.0 Å². The molecular weight excluding hydrogens is 166 g/mol. The predicted octanol–water partition coefficient (Wildman–Crippen LogP) is 2.21. The molecule has 13 heavy (non-hydrogen) atoms. The molecule has 1 heterocycles. The van der Waals surface area contributed by atoms with Crippen LogP contribution in [0.1, 0.15) is 36.2 Å². The van der Waals surface area contributed by atoms with Crippen LogP contribution in [0, 0.1) is 13.8 Å².